The number of aliphatic hydroxyl groups is 1. The lowest BCUT2D eigenvalue weighted by atomic mass is 9.92. The highest BCUT2D eigenvalue weighted by molar-refractivity contribution is 5.99. The molecule has 11 nitrogen and oxygen atoms in total. The molecular weight excluding hydrogens is 600 g/mol. The summed E-state index contributed by atoms with van der Waals surface area (Å²) in [4.78, 5) is 30.5. The van der Waals surface area contributed by atoms with Gasteiger partial charge in [0.2, 0.25) is 11.9 Å². The number of urea groups is 1. The Morgan fingerprint density at radius 1 is 0.682 bits per heavy atom. The van der Waals surface area contributed by atoms with E-state index in [1.807, 2.05) is 9.80 Å². The number of benzene rings is 2. The number of amides is 2. The maximum Gasteiger partial charge on any atom is 0.430 e. The van der Waals surface area contributed by atoms with E-state index in [-0.39, 0.29) is 5.69 Å². The lowest BCUT2D eigenvalue weighted by Gasteiger charge is -2.32. The molecule has 17 heteroatoms. The average molecular weight is 628 g/mol. The molecule has 2 aliphatic heterocycles. The third-order valence-electron chi connectivity index (χ3n) is 6.98. The fraction of sp³-hybridized carbons (Fsp3) is 0.407. The minimum Gasteiger partial charge on any atom is -0.378 e. The van der Waals surface area contributed by atoms with Gasteiger partial charge in [-0.3, -0.25) is 0 Å². The summed E-state index contributed by atoms with van der Waals surface area (Å²) in [6.07, 6.45) is -12.0. The number of anilines is 4. The van der Waals surface area contributed by atoms with Crippen LogP contribution in [0.3, 0.4) is 0 Å². The second kappa shape index (κ2) is 12.4. The molecule has 0 aliphatic carbocycles. The predicted molar refractivity (Wildman–Crippen MR) is 146 cm³/mol. The van der Waals surface area contributed by atoms with E-state index in [1.165, 1.54) is 0 Å². The summed E-state index contributed by atoms with van der Waals surface area (Å²) in [5.74, 6) is 1.43. The van der Waals surface area contributed by atoms with Crippen LogP contribution < -0.4 is 20.4 Å². The summed E-state index contributed by atoms with van der Waals surface area (Å²) < 4.78 is 89.5. The number of carbonyl (C=O) groups excluding carboxylic acids is 1. The van der Waals surface area contributed by atoms with E-state index in [0.29, 0.717) is 93.7 Å². The maximum atomic E-state index is 13.1. The van der Waals surface area contributed by atoms with Gasteiger partial charge in [-0.1, -0.05) is 12.1 Å². The largest absolute Gasteiger partial charge is 0.430 e. The van der Waals surface area contributed by atoms with Crippen LogP contribution in [0.25, 0.3) is 11.4 Å². The Balaban J connectivity index is 1.28. The zero-order valence-corrected chi connectivity index (χ0v) is 23.0. The van der Waals surface area contributed by atoms with Crippen LogP contribution in [0.2, 0.25) is 0 Å². The number of morpholine rings is 2. The second-order valence-corrected chi connectivity index (χ2v) is 9.90. The quantitative estimate of drug-likeness (QED) is 0.346. The minimum absolute atomic E-state index is 0.106. The predicted octanol–water partition coefficient (Wildman–Crippen LogP) is 4.17. The van der Waals surface area contributed by atoms with Crippen molar-refractivity contribution < 1.29 is 45.7 Å². The summed E-state index contributed by atoms with van der Waals surface area (Å²) in [7, 11) is 0. The highest BCUT2D eigenvalue weighted by Gasteiger charge is 2.71. The summed E-state index contributed by atoms with van der Waals surface area (Å²) in [5, 5.41) is 14.4. The molecular formula is C27H27F6N7O4. The van der Waals surface area contributed by atoms with Crippen molar-refractivity contribution >= 4 is 29.3 Å². The number of alkyl halides is 6. The van der Waals surface area contributed by atoms with E-state index < -0.39 is 29.5 Å². The van der Waals surface area contributed by atoms with Crippen LogP contribution in [0.4, 0.5) is 54.4 Å². The number of nitrogens with zero attached hydrogens (tertiary/aromatic N) is 5. The third-order valence-corrected chi connectivity index (χ3v) is 6.98. The van der Waals surface area contributed by atoms with Crippen LogP contribution in [0.15, 0.2) is 48.5 Å². The van der Waals surface area contributed by atoms with Gasteiger partial charge in [0, 0.05) is 48.7 Å². The third kappa shape index (κ3) is 6.63. The Kier molecular flexibility index (Phi) is 8.80. The molecule has 2 amide bonds. The monoisotopic (exact) mass is 627 g/mol. The fourth-order valence-corrected chi connectivity index (χ4v) is 4.57. The van der Waals surface area contributed by atoms with E-state index in [1.54, 1.807) is 24.3 Å². The first-order valence-corrected chi connectivity index (χ1v) is 13.4. The highest BCUT2D eigenvalue weighted by Crippen LogP contribution is 2.50. The van der Waals surface area contributed by atoms with Crippen LogP contribution in [0.5, 0.6) is 0 Å². The number of halogens is 6. The Hall–Kier alpha value is -4.22. The van der Waals surface area contributed by atoms with Crippen molar-refractivity contribution in [2.75, 3.05) is 73.0 Å². The van der Waals surface area contributed by atoms with E-state index in [2.05, 4.69) is 25.6 Å². The first-order chi connectivity index (χ1) is 20.8. The number of carbonyl (C=O) groups is 1. The van der Waals surface area contributed by atoms with Gasteiger partial charge in [-0.25, -0.2) is 4.79 Å². The molecule has 3 N–H and O–H groups in total. The van der Waals surface area contributed by atoms with E-state index in [0.717, 1.165) is 12.1 Å². The Morgan fingerprint density at radius 2 is 1.09 bits per heavy atom. The van der Waals surface area contributed by atoms with Gasteiger partial charge in [0.05, 0.1) is 26.4 Å². The van der Waals surface area contributed by atoms with Crippen molar-refractivity contribution in [3.8, 4) is 11.4 Å². The SMILES string of the molecule is O=C(Nc1ccc(-c2nc(N3CCOCC3)nc(N3CCOCC3)n2)cc1)Nc1ccc(C(O)(C(F)(F)F)C(F)(F)F)cc1. The van der Waals surface area contributed by atoms with Crippen molar-refractivity contribution in [3.63, 3.8) is 0 Å². The molecule has 2 aliphatic rings. The van der Waals surface area contributed by atoms with Crippen molar-refractivity contribution in [1.82, 2.24) is 15.0 Å². The van der Waals surface area contributed by atoms with Gasteiger partial charge in [-0.05, 0) is 36.4 Å². The number of aromatic nitrogens is 3. The lowest BCUT2D eigenvalue weighted by Crippen LogP contribution is -2.53. The molecule has 1 aromatic heterocycles. The maximum absolute atomic E-state index is 13.1. The van der Waals surface area contributed by atoms with E-state index in [9.17, 15) is 36.2 Å². The molecule has 0 radical (unpaired) electrons. The molecule has 5 rings (SSSR count). The number of rotatable bonds is 6. The highest BCUT2D eigenvalue weighted by atomic mass is 19.4. The van der Waals surface area contributed by atoms with Gasteiger partial charge in [0.25, 0.3) is 5.60 Å². The zero-order valence-electron chi connectivity index (χ0n) is 23.0. The van der Waals surface area contributed by atoms with Gasteiger partial charge in [0.1, 0.15) is 0 Å². The van der Waals surface area contributed by atoms with Crippen molar-refractivity contribution in [2.24, 2.45) is 0 Å². The van der Waals surface area contributed by atoms with E-state index in [4.69, 9.17) is 9.47 Å². The van der Waals surface area contributed by atoms with Crippen molar-refractivity contribution in [3.05, 3.63) is 54.1 Å². The zero-order chi connectivity index (χ0) is 31.5. The van der Waals surface area contributed by atoms with Crippen molar-refractivity contribution in [1.29, 1.82) is 0 Å². The number of hydrogen-bond donors (Lipinski definition) is 3. The first-order valence-electron chi connectivity index (χ1n) is 13.4. The van der Waals surface area contributed by atoms with Gasteiger partial charge in [-0.15, -0.1) is 0 Å². The average Bonchev–Trinajstić information content (AvgIpc) is 3.01. The molecule has 0 unspecified atom stereocenters. The number of hydrogen-bond acceptors (Lipinski definition) is 9. The molecule has 0 spiro atoms. The molecule has 2 fully saturated rings. The molecule has 0 atom stereocenters. The molecule has 2 aromatic carbocycles. The molecule has 3 heterocycles. The molecule has 0 bridgehead atoms. The summed E-state index contributed by atoms with van der Waals surface area (Å²) in [5.41, 5.74) is -5.63. The van der Waals surface area contributed by atoms with Crippen LogP contribution in [0, 0.1) is 0 Å². The van der Waals surface area contributed by atoms with Crippen LogP contribution in [-0.4, -0.2) is 91.0 Å². The van der Waals surface area contributed by atoms with Gasteiger partial charge >= 0.3 is 18.4 Å². The molecule has 3 aromatic rings. The van der Waals surface area contributed by atoms with Crippen LogP contribution >= 0.6 is 0 Å². The standard InChI is InChI=1S/C27H27F6N7O4/c28-26(29,30)25(42,27(31,32)33)18-3-7-20(8-4-18)35-24(41)34-19-5-1-17(2-6-19)21-36-22(39-9-13-43-14-10-39)38-23(37-21)40-11-15-44-16-12-40/h1-8,42H,9-16H2,(H2,34,35,41). The number of nitrogens with one attached hydrogen (secondary N) is 2. The topological polar surface area (TPSA) is 125 Å². The Morgan fingerprint density at radius 3 is 1.50 bits per heavy atom. The summed E-state index contributed by atoms with van der Waals surface area (Å²) in [6.45, 7) is 4.67. The first kappa shape index (κ1) is 31.2. The van der Waals surface area contributed by atoms with Gasteiger partial charge < -0.3 is 35.0 Å². The van der Waals surface area contributed by atoms with Crippen LogP contribution in [0.1, 0.15) is 5.56 Å². The Bertz CT molecular complexity index is 1390. The normalized spacial score (nSPS) is 16.5. The summed E-state index contributed by atoms with van der Waals surface area (Å²) >= 11 is 0. The second-order valence-electron chi connectivity index (χ2n) is 9.90. The number of ether oxygens (including phenoxy) is 2. The van der Waals surface area contributed by atoms with E-state index >= 15 is 0 Å². The molecule has 2 saturated heterocycles. The smallest absolute Gasteiger partial charge is 0.378 e. The van der Waals surface area contributed by atoms with Crippen LogP contribution in [-0.2, 0) is 15.1 Å². The Labute approximate surface area is 246 Å². The van der Waals surface area contributed by atoms with Gasteiger partial charge in [0.15, 0.2) is 5.82 Å². The lowest BCUT2D eigenvalue weighted by molar-refractivity contribution is -0.376. The summed E-state index contributed by atoms with van der Waals surface area (Å²) in [6, 6.07) is 8.24. The molecule has 236 valence electrons. The minimum atomic E-state index is -6.01. The fourth-order valence-electron chi connectivity index (χ4n) is 4.57. The molecule has 44 heavy (non-hydrogen) atoms. The van der Waals surface area contributed by atoms with Crippen molar-refractivity contribution in [2.45, 2.75) is 18.0 Å². The van der Waals surface area contributed by atoms with Gasteiger partial charge in [-0.2, -0.15) is 41.3 Å². The molecule has 0 saturated carbocycles.